The molecule has 3 heteroatoms. The first-order valence-electron chi connectivity index (χ1n) is 6.05. The van der Waals surface area contributed by atoms with Crippen molar-refractivity contribution in [1.82, 2.24) is 0 Å². The molecule has 19 heavy (non-hydrogen) atoms. The number of Topliss-reactive ketones (excluding diaryl/α,β-unsaturated/α-hetero) is 1. The van der Waals surface area contributed by atoms with Crippen molar-refractivity contribution in [3.63, 3.8) is 0 Å². The van der Waals surface area contributed by atoms with Crippen molar-refractivity contribution >= 4 is 23.2 Å². The van der Waals surface area contributed by atoms with E-state index in [1.165, 1.54) is 11.8 Å². The number of aryl methyl sites for hydroxylation is 1. The van der Waals surface area contributed by atoms with E-state index in [0.717, 1.165) is 21.6 Å². The molecule has 0 radical (unpaired) electrons. The number of fused-ring (bicyclic) bond motifs is 1. The zero-order chi connectivity index (χ0) is 13.4. The fraction of sp³-hybridized carbons (Fsp3) is 0.0625. The van der Waals surface area contributed by atoms with Crippen LogP contribution in [0.15, 0.2) is 58.3 Å². The SMILES string of the molecule is Cc1ccc2c(c1)SC(=C(N)c1ccccc1)C2=O. The summed E-state index contributed by atoms with van der Waals surface area (Å²) in [6, 6.07) is 15.5. The van der Waals surface area contributed by atoms with E-state index in [1.807, 2.05) is 55.5 Å². The fourth-order valence-electron chi connectivity index (χ4n) is 2.11. The highest BCUT2D eigenvalue weighted by atomic mass is 32.2. The van der Waals surface area contributed by atoms with Gasteiger partial charge >= 0.3 is 0 Å². The van der Waals surface area contributed by atoms with Crippen molar-refractivity contribution in [3.05, 3.63) is 70.1 Å². The van der Waals surface area contributed by atoms with Gasteiger partial charge in [0.15, 0.2) is 0 Å². The minimum absolute atomic E-state index is 0.0290. The number of ketones is 1. The molecule has 0 unspecified atom stereocenters. The molecule has 2 nitrogen and oxygen atoms in total. The maximum absolute atomic E-state index is 12.4. The molecule has 1 heterocycles. The van der Waals surface area contributed by atoms with Gasteiger partial charge in [0, 0.05) is 10.5 Å². The van der Waals surface area contributed by atoms with E-state index in [2.05, 4.69) is 0 Å². The number of hydrogen-bond donors (Lipinski definition) is 1. The zero-order valence-corrected chi connectivity index (χ0v) is 11.3. The standard InChI is InChI=1S/C16H13NOS/c1-10-7-8-12-13(9-10)19-16(15(12)18)14(17)11-5-3-2-4-6-11/h2-9H,17H2,1H3. The number of carbonyl (C=O) groups excluding carboxylic acids is 1. The number of hydrogen-bond acceptors (Lipinski definition) is 3. The van der Waals surface area contributed by atoms with E-state index in [1.54, 1.807) is 0 Å². The molecule has 1 aliphatic heterocycles. The predicted molar refractivity (Wildman–Crippen MR) is 78.9 cm³/mol. The Labute approximate surface area is 116 Å². The summed E-state index contributed by atoms with van der Waals surface area (Å²) < 4.78 is 0. The minimum atomic E-state index is 0.0290. The number of nitrogens with two attached hydrogens (primary N) is 1. The van der Waals surface area contributed by atoms with Gasteiger partial charge in [-0.2, -0.15) is 0 Å². The number of rotatable bonds is 1. The molecule has 0 saturated carbocycles. The van der Waals surface area contributed by atoms with Crippen LogP contribution in [0, 0.1) is 6.92 Å². The highest BCUT2D eigenvalue weighted by Crippen LogP contribution is 2.42. The summed E-state index contributed by atoms with van der Waals surface area (Å²) in [4.78, 5) is 14.0. The van der Waals surface area contributed by atoms with Crippen LogP contribution in [-0.4, -0.2) is 5.78 Å². The van der Waals surface area contributed by atoms with Crippen LogP contribution in [0.5, 0.6) is 0 Å². The smallest absolute Gasteiger partial charge is 0.202 e. The summed E-state index contributed by atoms with van der Waals surface area (Å²) in [6.07, 6.45) is 0. The summed E-state index contributed by atoms with van der Waals surface area (Å²) in [6.45, 7) is 2.02. The average Bonchev–Trinajstić information content (AvgIpc) is 2.75. The van der Waals surface area contributed by atoms with E-state index in [-0.39, 0.29) is 5.78 Å². The van der Waals surface area contributed by atoms with Gasteiger partial charge < -0.3 is 5.73 Å². The lowest BCUT2D eigenvalue weighted by Gasteiger charge is -2.04. The van der Waals surface area contributed by atoms with Crippen molar-refractivity contribution in [2.75, 3.05) is 0 Å². The van der Waals surface area contributed by atoms with Gasteiger partial charge in [-0.05, 0) is 30.2 Å². The molecule has 1 aliphatic rings. The van der Waals surface area contributed by atoms with Gasteiger partial charge in [-0.15, -0.1) is 0 Å². The first-order valence-corrected chi connectivity index (χ1v) is 6.87. The summed E-state index contributed by atoms with van der Waals surface area (Å²) in [7, 11) is 0. The first kappa shape index (κ1) is 12.1. The molecule has 2 aromatic rings. The lowest BCUT2D eigenvalue weighted by atomic mass is 10.1. The van der Waals surface area contributed by atoms with Gasteiger partial charge in [-0.3, -0.25) is 4.79 Å². The van der Waals surface area contributed by atoms with Crippen molar-refractivity contribution in [2.24, 2.45) is 5.73 Å². The van der Waals surface area contributed by atoms with E-state index in [0.29, 0.717) is 10.6 Å². The third-order valence-electron chi connectivity index (χ3n) is 3.13. The number of carbonyl (C=O) groups is 1. The average molecular weight is 267 g/mol. The molecule has 0 amide bonds. The predicted octanol–water partition coefficient (Wildman–Crippen LogP) is 3.61. The van der Waals surface area contributed by atoms with Crippen LogP contribution in [0.4, 0.5) is 0 Å². The van der Waals surface area contributed by atoms with Gasteiger partial charge in [-0.1, -0.05) is 48.2 Å². The van der Waals surface area contributed by atoms with Crippen LogP contribution in [0.25, 0.3) is 5.70 Å². The molecule has 94 valence electrons. The molecule has 0 saturated heterocycles. The van der Waals surface area contributed by atoms with Crippen LogP contribution >= 0.6 is 11.8 Å². The largest absolute Gasteiger partial charge is 0.397 e. The molecule has 3 rings (SSSR count). The highest BCUT2D eigenvalue weighted by Gasteiger charge is 2.28. The second kappa shape index (κ2) is 4.59. The normalized spacial score (nSPS) is 16.4. The maximum Gasteiger partial charge on any atom is 0.202 e. The zero-order valence-electron chi connectivity index (χ0n) is 10.5. The van der Waals surface area contributed by atoms with Gasteiger partial charge in [0.2, 0.25) is 5.78 Å². The van der Waals surface area contributed by atoms with E-state index in [4.69, 9.17) is 5.73 Å². The van der Waals surface area contributed by atoms with Crippen LogP contribution in [0.2, 0.25) is 0 Å². The van der Waals surface area contributed by atoms with Gasteiger partial charge in [-0.25, -0.2) is 0 Å². The van der Waals surface area contributed by atoms with E-state index >= 15 is 0 Å². The Morgan fingerprint density at radius 2 is 1.84 bits per heavy atom. The van der Waals surface area contributed by atoms with Gasteiger partial charge in [0.25, 0.3) is 0 Å². The Morgan fingerprint density at radius 1 is 1.11 bits per heavy atom. The van der Waals surface area contributed by atoms with Crippen LogP contribution in [0.1, 0.15) is 21.5 Å². The Kier molecular flexibility index (Phi) is 2.91. The lowest BCUT2D eigenvalue weighted by molar-refractivity contribution is 0.104. The molecule has 0 bridgehead atoms. The van der Waals surface area contributed by atoms with Gasteiger partial charge in [0.05, 0.1) is 10.6 Å². The van der Waals surface area contributed by atoms with Crippen molar-refractivity contribution in [2.45, 2.75) is 11.8 Å². The molecular weight excluding hydrogens is 254 g/mol. The van der Waals surface area contributed by atoms with E-state index < -0.39 is 0 Å². The molecule has 0 aliphatic carbocycles. The molecule has 2 aromatic carbocycles. The Balaban J connectivity index is 2.08. The Bertz CT molecular complexity index is 689. The third kappa shape index (κ3) is 2.06. The quantitative estimate of drug-likeness (QED) is 0.803. The number of allylic oxidation sites excluding steroid dienone is 1. The molecule has 0 atom stereocenters. The van der Waals surface area contributed by atoms with Crippen LogP contribution < -0.4 is 5.73 Å². The van der Waals surface area contributed by atoms with Crippen molar-refractivity contribution in [1.29, 1.82) is 0 Å². The third-order valence-corrected chi connectivity index (χ3v) is 4.30. The van der Waals surface area contributed by atoms with Gasteiger partial charge in [0.1, 0.15) is 0 Å². The topological polar surface area (TPSA) is 43.1 Å². The molecule has 0 spiro atoms. The summed E-state index contributed by atoms with van der Waals surface area (Å²) in [5.74, 6) is 0.0290. The monoisotopic (exact) mass is 267 g/mol. The van der Waals surface area contributed by atoms with Crippen LogP contribution in [-0.2, 0) is 0 Å². The number of benzene rings is 2. The molecule has 0 aromatic heterocycles. The minimum Gasteiger partial charge on any atom is -0.397 e. The highest BCUT2D eigenvalue weighted by molar-refractivity contribution is 8.05. The maximum atomic E-state index is 12.4. The Hall–Kier alpha value is -2.00. The van der Waals surface area contributed by atoms with Crippen LogP contribution in [0.3, 0.4) is 0 Å². The van der Waals surface area contributed by atoms with E-state index in [9.17, 15) is 4.79 Å². The summed E-state index contributed by atoms with van der Waals surface area (Å²) in [5, 5.41) is 0. The van der Waals surface area contributed by atoms with Crippen molar-refractivity contribution < 1.29 is 4.79 Å². The second-order valence-corrected chi connectivity index (χ2v) is 5.59. The lowest BCUT2D eigenvalue weighted by Crippen LogP contribution is -2.04. The second-order valence-electron chi connectivity index (χ2n) is 4.54. The number of thioether (sulfide) groups is 1. The first-order chi connectivity index (χ1) is 9.16. The Morgan fingerprint density at radius 3 is 2.58 bits per heavy atom. The van der Waals surface area contributed by atoms with Crippen molar-refractivity contribution in [3.8, 4) is 0 Å². The summed E-state index contributed by atoms with van der Waals surface area (Å²) >= 11 is 1.47. The summed E-state index contributed by atoms with van der Waals surface area (Å²) in [5.41, 5.74) is 9.50. The molecule has 0 fully saturated rings. The molecule has 2 N–H and O–H groups in total. The molecular formula is C16H13NOS. The fourth-order valence-corrected chi connectivity index (χ4v) is 3.27.